The van der Waals surface area contributed by atoms with Crippen LogP contribution in [0.5, 0.6) is 17.4 Å². The lowest BCUT2D eigenvalue weighted by Crippen LogP contribution is -2.23. The van der Waals surface area contributed by atoms with Crippen LogP contribution < -0.4 is 25.3 Å². The molecule has 0 spiro atoms. The van der Waals surface area contributed by atoms with E-state index in [0.717, 1.165) is 0 Å². The van der Waals surface area contributed by atoms with Gasteiger partial charge < -0.3 is 25.3 Å². The van der Waals surface area contributed by atoms with E-state index in [1.54, 1.807) is 30.3 Å². The number of nitrogens with one attached hydrogen (secondary N) is 1. The van der Waals surface area contributed by atoms with Crippen LogP contribution in [0.15, 0.2) is 41.5 Å². The molecule has 0 aliphatic heterocycles. The van der Waals surface area contributed by atoms with Crippen molar-refractivity contribution in [3.63, 3.8) is 0 Å². The molecule has 3 N–H and O–H groups in total. The van der Waals surface area contributed by atoms with E-state index < -0.39 is 12.8 Å². The van der Waals surface area contributed by atoms with Gasteiger partial charge in [0.1, 0.15) is 0 Å². The Balaban J connectivity index is 2.05. The fraction of sp³-hybridized carbons (Fsp3) is 0.294. The van der Waals surface area contributed by atoms with Crippen LogP contribution in [0.1, 0.15) is 5.56 Å². The second-order valence-corrected chi connectivity index (χ2v) is 5.27. The van der Waals surface area contributed by atoms with Crippen molar-refractivity contribution in [3.8, 4) is 17.4 Å². The molecule has 1 aromatic heterocycles. The Morgan fingerprint density at radius 2 is 1.93 bits per heavy atom. The van der Waals surface area contributed by atoms with E-state index in [4.69, 9.17) is 19.9 Å². The molecule has 0 amide bonds. The molecule has 0 saturated heterocycles. The Hall–Kier alpha value is -3.17. The highest BCUT2D eigenvalue weighted by molar-refractivity contribution is 5.92. The summed E-state index contributed by atoms with van der Waals surface area (Å²) in [6.07, 6.45) is -3.11. The average Bonchev–Trinajstić information content (AvgIpc) is 2.64. The summed E-state index contributed by atoms with van der Waals surface area (Å²) < 4.78 is 52.0. The maximum absolute atomic E-state index is 12.3. The van der Waals surface area contributed by atoms with Gasteiger partial charge in [0.2, 0.25) is 5.88 Å². The topological polar surface area (TPSA) is 91.0 Å². The molecule has 146 valence electrons. The number of hydrogen-bond donors (Lipinski definition) is 2. The standard InChI is InChI=1S/C17H19F3N4O3/c1-25-13-6-5-12(8-14(13)26-2)24-16(21)23-9-11-4-3-7-22-15(11)27-10-17(18,19)20/h3-8H,9-10H2,1-2H3,(H3,21,23,24). The van der Waals surface area contributed by atoms with Gasteiger partial charge in [-0.3, -0.25) is 0 Å². The number of ether oxygens (including phenoxy) is 3. The third kappa shape index (κ3) is 6.24. The summed E-state index contributed by atoms with van der Waals surface area (Å²) in [6.45, 7) is -1.44. The van der Waals surface area contributed by atoms with Gasteiger partial charge in [0.05, 0.1) is 20.8 Å². The molecule has 2 rings (SSSR count). The largest absolute Gasteiger partial charge is 0.493 e. The van der Waals surface area contributed by atoms with Crippen LogP contribution in [0.4, 0.5) is 18.9 Å². The number of anilines is 1. The van der Waals surface area contributed by atoms with E-state index in [1.165, 1.54) is 20.4 Å². The molecule has 1 heterocycles. The number of guanidine groups is 1. The predicted molar refractivity (Wildman–Crippen MR) is 94.3 cm³/mol. The molecule has 2 aromatic rings. The molecule has 7 nitrogen and oxygen atoms in total. The minimum Gasteiger partial charge on any atom is -0.493 e. The molecule has 0 atom stereocenters. The first-order chi connectivity index (χ1) is 12.8. The molecule has 0 radical (unpaired) electrons. The van der Waals surface area contributed by atoms with Gasteiger partial charge in [-0.25, -0.2) is 9.98 Å². The summed E-state index contributed by atoms with van der Waals surface area (Å²) in [5.74, 6) is 0.983. The van der Waals surface area contributed by atoms with Gasteiger partial charge in [0, 0.05) is 23.5 Å². The van der Waals surface area contributed by atoms with Crippen molar-refractivity contribution < 1.29 is 27.4 Å². The Morgan fingerprint density at radius 3 is 2.59 bits per heavy atom. The number of alkyl halides is 3. The van der Waals surface area contributed by atoms with E-state index >= 15 is 0 Å². The van der Waals surface area contributed by atoms with Crippen LogP contribution >= 0.6 is 0 Å². The molecule has 27 heavy (non-hydrogen) atoms. The zero-order valence-electron chi connectivity index (χ0n) is 14.7. The minimum atomic E-state index is -4.45. The van der Waals surface area contributed by atoms with Crippen molar-refractivity contribution >= 4 is 11.6 Å². The lowest BCUT2D eigenvalue weighted by atomic mass is 10.2. The van der Waals surface area contributed by atoms with Crippen molar-refractivity contribution in [2.45, 2.75) is 12.7 Å². The SMILES string of the molecule is COc1ccc(NC(N)=NCc2cccnc2OCC(F)(F)F)cc1OC. The van der Waals surface area contributed by atoms with Crippen molar-refractivity contribution in [2.24, 2.45) is 10.7 Å². The molecular weight excluding hydrogens is 365 g/mol. The van der Waals surface area contributed by atoms with E-state index in [-0.39, 0.29) is 18.4 Å². The number of nitrogens with zero attached hydrogens (tertiary/aromatic N) is 2. The zero-order valence-corrected chi connectivity index (χ0v) is 14.7. The van der Waals surface area contributed by atoms with E-state index in [2.05, 4.69) is 15.3 Å². The van der Waals surface area contributed by atoms with Crippen molar-refractivity contribution in [1.82, 2.24) is 4.98 Å². The summed E-state index contributed by atoms with van der Waals surface area (Å²) in [5, 5.41) is 2.86. The molecular formula is C17H19F3N4O3. The summed E-state index contributed by atoms with van der Waals surface area (Å²) >= 11 is 0. The molecule has 0 aliphatic rings. The number of hydrogen-bond acceptors (Lipinski definition) is 5. The van der Waals surface area contributed by atoms with Gasteiger partial charge in [-0.05, 0) is 18.2 Å². The molecule has 0 aliphatic carbocycles. The van der Waals surface area contributed by atoms with Crippen molar-refractivity contribution in [1.29, 1.82) is 0 Å². The normalized spacial score (nSPS) is 11.8. The lowest BCUT2D eigenvalue weighted by molar-refractivity contribution is -0.154. The maximum atomic E-state index is 12.3. The molecule has 0 bridgehead atoms. The highest BCUT2D eigenvalue weighted by Crippen LogP contribution is 2.29. The Bertz CT molecular complexity index is 797. The number of pyridine rings is 1. The first-order valence-corrected chi connectivity index (χ1v) is 7.75. The third-order valence-corrected chi connectivity index (χ3v) is 3.30. The average molecular weight is 384 g/mol. The molecule has 0 saturated carbocycles. The summed E-state index contributed by atoms with van der Waals surface area (Å²) in [6, 6.07) is 8.21. The lowest BCUT2D eigenvalue weighted by Gasteiger charge is -2.12. The molecule has 1 aromatic carbocycles. The number of aromatic nitrogens is 1. The van der Waals surface area contributed by atoms with Crippen LogP contribution in [0.2, 0.25) is 0 Å². The minimum absolute atomic E-state index is 0.00679. The third-order valence-electron chi connectivity index (χ3n) is 3.30. The fourth-order valence-electron chi connectivity index (χ4n) is 2.10. The Labute approximate surface area is 154 Å². The first kappa shape index (κ1) is 20.1. The van der Waals surface area contributed by atoms with Crippen LogP contribution in [-0.4, -0.2) is 37.9 Å². The van der Waals surface area contributed by atoms with Crippen LogP contribution in [-0.2, 0) is 6.54 Å². The highest BCUT2D eigenvalue weighted by Gasteiger charge is 2.29. The van der Waals surface area contributed by atoms with Crippen molar-refractivity contribution in [3.05, 3.63) is 42.1 Å². The van der Waals surface area contributed by atoms with Gasteiger partial charge in [0.15, 0.2) is 24.1 Å². The number of halogens is 3. The first-order valence-electron chi connectivity index (χ1n) is 7.75. The van der Waals surface area contributed by atoms with Gasteiger partial charge in [-0.1, -0.05) is 6.07 Å². The number of aliphatic imine (C=N–C) groups is 1. The second-order valence-electron chi connectivity index (χ2n) is 5.27. The number of benzene rings is 1. The zero-order chi connectivity index (χ0) is 19.9. The van der Waals surface area contributed by atoms with Gasteiger partial charge >= 0.3 is 6.18 Å². The van der Waals surface area contributed by atoms with Crippen molar-refractivity contribution in [2.75, 3.05) is 26.1 Å². The Kier molecular flexibility index (Phi) is 6.69. The predicted octanol–water partition coefficient (Wildman–Crippen LogP) is 2.97. The number of methoxy groups -OCH3 is 2. The summed E-state index contributed by atoms with van der Waals surface area (Å²) in [4.78, 5) is 7.91. The van der Waals surface area contributed by atoms with Crippen LogP contribution in [0, 0.1) is 0 Å². The van der Waals surface area contributed by atoms with Gasteiger partial charge in [-0.15, -0.1) is 0 Å². The number of rotatable bonds is 7. The van der Waals surface area contributed by atoms with Gasteiger partial charge in [0.25, 0.3) is 0 Å². The van der Waals surface area contributed by atoms with E-state index in [9.17, 15) is 13.2 Å². The fourth-order valence-corrected chi connectivity index (χ4v) is 2.10. The van der Waals surface area contributed by atoms with Crippen LogP contribution in [0.3, 0.4) is 0 Å². The summed E-state index contributed by atoms with van der Waals surface area (Å²) in [7, 11) is 3.02. The Morgan fingerprint density at radius 1 is 1.19 bits per heavy atom. The number of nitrogens with two attached hydrogens (primary N) is 1. The maximum Gasteiger partial charge on any atom is 0.422 e. The monoisotopic (exact) mass is 384 g/mol. The molecule has 0 fully saturated rings. The molecule has 0 unspecified atom stereocenters. The second kappa shape index (κ2) is 8.97. The molecule has 10 heteroatoms. The summed E-state index contributed by atoms with van der Waals surface area (Å²) in [5.41, 5.74) is 6.81. The van der Waals surface area contributed by atoms with Gasteiger partial charge in [-0.2, -0.15) is 13.2 Å². The smallest absolute Gasteiger partial charge is 0.422 e. The van der Waals surface area contributed by atoms with Crippen LogP contribution in [0.25, 0.3) is 0 Å². The highest BCUT2D eigenvalue weighted by atomic mass is 19.4. The quantitative estimate of drug-likeness (QED) is 0.563. The van der Waals surface area contributed by atoms with E-state index in [0.29, 0.717) is 22.7 Å². The van der Waals surface area contributed by atoms with E-state index in [1.807, 2.05) is 0 Å².